The van der Waals surface area contributed by atoms with Gasteiger partial charge in [0.2, 0.25) is 5.88 Å². The number of fused-ring (bicyclic) bond motifs is 1. The third-order valence-corrected chi connectivity index (χ3v) is 6.96. The zero-order valence-electron chi connectivity index (χ0n) is 19.8. The molecule has 4 aromatic rings. The molecule has 1 atom stereocenters. The molecule has 0 bridgehead atoms. The summed E-state index contributed by atoms with van der Waals surface area (Å²) in [6.45, 7) is 4.91. The van der Waals surface area contributed by atoms with Crippen molar-refractivity contribution in [2.24, 2.45) is 0 Å². The van der Waals surface area contributed by atoms with Crippen molar-refractivity contribution in [1.82, 2.24) is 24.5 Å². The van der Waals surface area contributed by atoms with E-state index in [4.69, 9.17) is 26.1 Å². The van der Waals surface area contributed by atoms with E-state index in [0.29, 0.717) is 52.5 Å². The Balaban J connectivity index is 1.58. The Bertz CT molecular complexity index is 1420. The summed E-state index contributed by atoms with van der Waals surface area (Å²) in [7, 11) is -0.919. The molecule has 182 valence electrons. The molecule has 0 amide bonds. The number of nitrogens with zero attached hydrogens (tertiary/aromatic N) is 5. The summed E-state index contributed by atoms with van der Waals surface area (Å²) in [5.41, 5.74) is 3.76. The summed E-state index contributed by atoms with van der Waals surface area (Å²) < 4.78 is 25.2. The van der Waals surface area contributed by atoms with Gasteiger partial charge in [0.15, 0.2) is 11.2 Å². The number of rotatable bonds is 9. The summed E-state index contributed by atoms with van der Waals surface area (Å²) in [5, 5.41) is 0.485. The largest absolute Gasteiger partial charge is 0.493 e. The Morgan fingerprint density at radius 1 is 1.17 bits per heavy atom. The van der Waals surface area contributed by atoms with E-state index < -0.39 is 10.8 Å². The fourth-order valence-electron chi connectivity index (χ4n) is 3.75. The minimum Gasteiger partial charge on any atom is -0.493 e. The monoisotopic (exact) mass is 511 g/mol. The van der Waals surface area contributed by atoms with Crippen molar-refractivity contribution in [1.29, 1.82) is 0 Å². The van der Waals surface area contributed by atoms with Crippen LogP contribution >= 0.6 is 11.6 Å². The molecule has 1 aliphatic carbocycles. The van der Waals surface area contributed by atoms with Crippen LogP contribution in [0.4, 0.5) is 0 Å². The average molecular weight is 512 g/mol. The molecule has 5 rings (SSSR count). The van der Waals surface area contributed by atoms with Crippen LogP contribution < -0.4 is 9.47 Å². The lowest BCUT2D eigenvalue weighted by atomic mass is 10.2. The van der Waals surface area contributed by atoms with Gasteiger partial charge in [-0.1, -0.05) is 11.6 Å². The normalized spacial score (nSPS) is 15.2. The molecule has 1 aromatic carbocycles. The maximum Gasteiger partial charge on any atom is 0.245 e. The van der Waals surface area contributed by atoms with Crippen molar-refractivity contribution in [3.63, 3.8) is 0 Å². The first-order chi connectivity index (χ1) is 16.8. The quantitative estimate of drug-likeness (QED) is 0.324. The summed E-state index contributed by atoms with van der Waals surface area (Å²) in [5.74, 6) is 2.17. The highest BCUT2D eigenvalue weighted by molar-refractivity contribution is 7.84. The maximum atomic E-state index is 11.3. The van der Waals surface area contributed by atoms with Crippen LogP contribution in [0.2, 0.25) is 5.02 Å². The number of aromatic nitrogens is 5. The van der Waals surface area contributed by atoms with Gasteiger partial charge in [-0.05, 0) is 62.6 Å². The minimum absolute atomic E-state index is 0.206. The molecule has 35 heavy (non-hydrogen) atoms. The molecule has 3 aromatic heterocycles. The summed E-state index contributed by atoms with van der Waals surface area (Å²) in [6.07, 6.45) is 6.92. The van der Waals surface area contributed by atoms with Crippen LogP contribution in [-0.4, -0.2) is 52.9 Å². The first-order valence-electron chi connectivity index (χ1n) is 11.4. The van der Waals surface area contributed by atoms with Gasteiger partial charge in [0.25, 0.3) is 0 Å². The Labute approximate surface area is 211 Å². The predicted octanol–water partition coefficient (Wildman–Crippen LogP) is 4.59. The van der Waals surface area contributed by atoms with Crippen LogP contribution in [0.25, 0.3) is 22.6 Å². The van der Waals surface area contributed by atoms with Gasteiger partial charge >= 0.3 is 0 Å². The lowest BCUT2D eigenvalue weighted by Crippen LogP contribution is -2.13. The maximum absolute atomic E-state index is 11.3. The number of ether oxygens (including phenoxy) is 2. The van der Waals surface area contributed by atoms with E-state index in [1.807, 2.05) is 35.8 Å². The highest BCUT2D eigenvalue weighted by Gasteiger charge is 2.41. The molecule has 8 nitrogen and oxygen atoms in total. The predicted molar refractivity (Wildman–Crippen MR) is 137 cm³/mol. The Morgan fingerprint density at radius 2 is 2.00 bits per heavy atom. The van der Waals surface area contributed by atoms with Crippen molar-refractivity contribution >= 4 is 33.6 Å². The van der Waals surface area contributed by atoms with Crippen molar-refractivity contribution in [2.75, 3.05) is 18.6 Å². The van der Waals surface area contributed by atoms with Crippen molar-refractivity contribution in [3.05, 3.63) is 59.1 Å². The van der Waals surface area contributed by atoms with Crippen molar-refractivity contribution in [2.45, 2.75) is 38.8 Å². The second-order valence-electron chi connectivity index (χ2n) is 9.02. The number of aryl methyl sites for hydroxylation is 1. The number of hydrogen-bond donors (Lipinski definition) is 0. The van der Waals surface area contributed by atoms with Gasteiger partial charge in [-0.25, -0.2) is 9.97 Å². The molecular weight excluding hydrogens is 486 g/mol. The third-order valence-electron chi connectivity index (χ3n) is 5.91. The molecule has 0 spiro atoms. The van der Waals surface area contributed by atoms with E-state index in [9.17, 15) is 4.21 Å². The smallest absolute Gasteiger partial charge is 0.245 e. The van der Waals surface area contributed by atoms with Crippen molar-refractivity contribution in [3.8, 4) is 23.0 Å². The van der Waals surface area contributed by atoms with Crippen molar-refractivity contribution < 1.29 is 13.7 Å². The van der Waals surface area contributed by atoms with Gasteiger partial charge in [0.1, 0.15) is 23.5 Å². The number of hydrogen-bond acceptors (Lipinski definition) is 7. The summed E-state index contributed by atoms with van der Waals surface area (Å²) >= 11 is 6.71. The van der Waals surface area contributed by atoms with Crippen LogP contribution in [0.15, 0.2) is 42.9 Å². The Kier molecular flexibility index (Phi) is 6.46. The molecule has 0 radical (unpaired) electrons. The SMILES string of the molecule is Cc1ccnc(Cn2c(-c3ccc(OCCS(C)=O)cc3Cl)nc3c(OC4(C)CC4)ncnc32)c1. The first kappa shape index (κ1) is 23.7. The van der Waals surface area contributed by atoms with Crippen LogP contribution in [0.1, 0.15) is 31.0 Å². The number of halogens is 1. The molecule has 1 saturated carbocycles. The zero-order chi connectivity index (χ0) is 24.6. The standard InChI is InChI=1S/C25H26ClN5O3S/c1-16-6-9-27-17(12-16)14-31-22(19-5-4-18(13-20(19)26)33-10-11-35(3)32)30-21-23(31)28-15-29-24(21)34-25(2)7-8-25/h4-6,9,12-13,15H,7-8,10-11,14H2,1-3H3. The lowest BCUT2D eigenvalue weighted by Gasteiger charge is -2.12. The molecule has 1 fully saturated rings. The van der Waals surface area contributed by atoms with E-state index in [2.05, 4.69) is 21.9 Å². The minimum atomic E-state index is -0.919. The van der Waals surface area contributed by atoms with Crippen LogP contribution in [-0.2, 0) is 17.3 Å². The van der Waals surface area contributed by atoms with Gasteiger partial charge in [-0.15, -0.1) is 0 Å². The topological polar surface area (TPSA) is 92.0 Å². The average Bonchev–Trinajstić information content (AvgIpc) is 3.42. The fraction of sp³-hybridized carbons (Fsp3) is 0.360. The molecule has 3 heterocycles. The van der Waals surface area contributed by atoms with Gasteiger partial charge in [-0.2, -0.15) is 4.98 Å². The fourth-order valence-corrected chi connectivity index (χ4v) is 4.32. The second-order valence-corrected chi connectivity index (χ2v) is 11.0. The summed E-state index contributed by atoms with van der Waals surface area (Å²) in [6, 6.07) is 9.46. The first-order valence-corrected chi connectivity index (χ1v) is 13.5. The molecule has 0 saturated heterocycles. The highest BCUT2D eigenvalue weighted by atomic mass is 35.5. The number of benzene rings is 1. The highest BCUT2D eigenvalue weighted by Crippen LogP contribution is 2.41. The summed E-state index contributed by atoms with van der Waals surface area (Å²) in [4.78, 5) is 18.4. The third kappa shape index (κ3) is 5.31. The van der Waals surface area contributed by atoms with Gasteiger partial charge in [0.05, 0.1) is 29.6 Å². The number of pyridine rings is 1. The Morgan fingerprint density at radius 3 is 2.71 bits per heavy atom. The van der Waals surface area contributed by atoms with Gasteiger partial charge in [0, 0.05) is 28.8 Å². The number of imidazole rings is 1. The van der Waals surface area contributed by atoms with Crippen LogP contribution in [0.3, 0.4) is 0 Å². The zero-order valence-corrected chi connectivity index (χ0v) is 21.4. The molecule has 0 aliphatic heterocycles. The van der Waals surface area contributed by atoms with Crippen LogP contribution in [0, 0.1) is 6.92 Å². The molecule has 0 N–H and O–H groups in total. The van der Waals surface area contributed by atoms with E-state index in [0.717, 1.165) is 29.7 Å². The van der Waals surface area contributed by atoms with E-state index in [1.54, 1.807) is 18.5 Å². The molecule has 1 aliphatic rings. The molecule has 1 unspecified atom stereocenters. The Hall–Kier alpha value is -3.04. The van der Waals surface area contributed by atoms with E-state index in [-0.39, 0.29) is 5.60 Å². The van der Waals surface area contributed by atoms with Gasteiger partial charge in [-0.3, -0.25) is 9.19 Å². The molecular formula is C25H26ClN5O3S. The van der Waals surface area contributed by atoms with E-state index in [1.165, 1.54) is 6.33 Å². The van der Waals surface area contributed by atoms with E-state index >= 15 is 0 Å². The second kappa shape index (κ2) is 9.54. The van der Waals surface area contributed by atoms with Gasteiger partial charge < -0.3 is 14.0 Å². The molecule has 10 heteroatoms. The van der Waals surface area contributed by atoms with Crippen LogP contribution in [0.5, 0.6) is 11.6 Å². The lowest BCUT2D eigenvalue weighted by molar-refractivity contribution is 0.194.